The van der Waals surface area contributed by atoms with Crippen molar-refractivity contribution in [3.63, 3.8) is 0 Å². The van der Waals surface area contributed by atoms with Gasteiger partial charge in [0.05, 0.1) is 11.3 Å². The average molecular weight is 251 g/mol. The number of aryl methyl sites for hydroxylation is 1. The van der Waals surface area contributed by atoms with Gasteiger partial charge < -0.3 is 10.0 Å². The SMILES string of the molecule is Cc1ccc(C(=O)O)c(N2CC(S)CC2=O)c1. The number of carbonyl (C=O) groups is 2. The Labute approximate surface area is 105 Å². The van der Waals surface area contributed by atoms with Gasteiger partial charge in [0.15, 0.2) is 0 Å². The van der Waals surface area contributed by atoms with Gasteiger partial charge in [0, 0.05) is 18.2 Å². The molecule has 1 heterocycles. The molecule has 1 aromatic carbocycles. The number of anilines is 1. The summed E-state index contributed by atoms with van der Waals surface area (Å²) in [6, 6.07) is 4.99. The van der Waals surface area contributed by atoms with E-state index in [1.165, 1.54) is 11.0 Å². The quantitative estimate of drug-likeness (QED) is 0.787. The molecule has 0 aromatic heterocycles. The zero-order valence-corrected chi connectivity index (χ0v) is 10.3. The highest BCUT2D eigenvalue weighted by molar-refractivity contribution is 7.81. The molecule has 4 nitrogen and oxygen atoms in total. The number of benzene rings is 1. The smallest absolute Gasteiger partial charge is 0.337 e. The lowest BCUT2D eigenvalue weighted by Gasteiger charge is -2.19. The van der Waals surface area contributed by atoms with Crippen LogP contribution in [0.4, 0.5) is 5.69 Å². The van der Waals surface area contributed by atoms with Gasteiger partial charge in [-0.3, -0.25) is 4.79 Å². The van der Waals surface area contributed by atoms with E-state index in [0.29, 0.717) is 18.7 Å². The van der Waals surface area contributed by atoms with Crippen LogP contribution in [-0.2, 0) is 4.79 Å². The van der Waals surface area contributed by atoms with Crippen molar-refractivity contribution in [2.45, 2.75) is 18.6 Å². The van der Waals surface area contributed by atoms with Gasteiger partial charge >= 0.3 is 5.97 Å². The monoisotopic (exact) mass is 251 g/mol. The molecule has 1 saturated heterocycles. The first-order valence-corrected chi connectivity index (χ1v) is 5.83. The highest BCUT2D eigenvalue weighted by Gasteiger charge is 2.30. The van der Waals surface area contributed by atoms with Crippen LogP contribution in [0.25, 0.3) is 0 Å². The number of hydrogen-bond acceptors (Lipinski definition) is 3. The maximum absolute atomic E-state index is 11.8. The second kappa shape index (κ2) is 4.41. The fraction of sp³-hybridized carbons (Fsp3) is 0.333. The van der Waals surface area contributed by atoms with Gasteiger partial charge in [0.2, 0.25) is 5.91 Å². The van der Waals surface area contributed by atoms with Crippen LogP contribution in [0.15, 0.2) is 18.2 Å². The Hall–Kier alpha value is -1.49. The van der Waals surface area contributed by atoms with Gasteiger partial charge in [-0.2, -0.15) is 12.6 Å². The number of nitrogens with zero attached hydrogens (tertiary/aromatic N) is 1. The predicted molar refractivity (Wildman–Crippen MR) is 67.9 cm³/mol. The molecule has 90 valence electrons. The summed E-state index contributed by atoms with van der Waals surface area (Å²) in [5, 5.41) is 9.09. The Morgan fingerprint density at radius 2 is 2.24 bits per heavy atom. The van der Waals surface area contributed by atoms with Crippen molar-refractivity contribution in [3.05, 3.63) is 29.3 Å². The minimum Gasteiger partial charge on any atom is -0.478 e. The lowest BCUT2D eigenvalue weighted by molar-refractivity contribution is -0.117. The Morgan fingerprint density at radius 1 is 1.53 bits per heavy atom. The molecule has 1 N–H and O–H groups in total. The molecule has 1 aliphatic heterocycles. The Bertz CT molecular complexity index is 487. The topological polar surface area (TPSA) is 57.6 Å². The highest BCUT2D eigenvalue weighted by atomic mass is 32.1. The van der Waals surface area contributed by atoms with Crippen LogP contribution in [0, 0.1) is 6.92 Å². The standard InChI is InChI=1S/C12H13NO3S/c1-7-2-3-9(12(15)16)10(4-7)13-6-8(17)5-11(13)14/h2-4,8,17H,5-6H2,1H3,(H,15,16). The Morgan fingerprint density at radius 3 is 2.76 bits per heavy atom. The molecule has 1 aliphatic rings. The van der Waals surface area contributed by atoms with E-state index in [-0.39, 0.29) is 16.7 Å². The first kappa shape index (κ1) is 12.0. The van der Waals surface area contributed by atoms with Gasteiger partial charge in [0.25, 0.3) is 0 Å². The number of thiol groups is 1. The number of rotatable bonds is 2. The molecule has 0 aliphatic carbocycles. The highest BCUT2D eigenvalue weighted by Crippen LogP contribution is 2.28. The van der Waals surface area contributed by atoms with Crippen molar-refractivity contribution >= 4 is 30.2 Å². The summed E-state index contributed by atoms with van der Waals surface area (Å²) in [6.45, 7) is 2.33. The van der Waals surface area contributed by atoms with Crippen LogP contribution in [0.1, 0.15) is 22.3 Å². The summed E-state index contributed by atoms with van der Waals surface area (Å²) in [6.07, 6.45) is 0.357. The molecule has 0 radical (unpaired) electrons. The molecule has 0 spiro atoms. The summed E-state index contributed by atoms with van der Waals surface area (Å²) in [7, 11) is 0. The Kier molecular flexibility index (Phi) is 3.11. The average Bonchev–Trinajstić information content (AvgIpc) is 2.57. The summed E-state index contributed by atoms with van der Waals surface area (Å²) in [4.78, 5) is 24.4. The lowest BCUT2D eigenvalue weighted by Crippen LogP contribution is -2.26. The number of carboxylic acids is 1. The summed E-state index contributed by atoms with van der Waals surface area (Å²) in [5.41, 5.74) is 1.56. The van der Waals surface area contributed by atoms with Crippen LogP contribution in [0.3, 0.4) is 0 Å². The molecule has 5 heteroatoms. The zero-order chi connectivity index (χ0) is 12.6. The van der Waals surface area contributed by atoms with Crippen LogP contribution in [-0.4, -0.2) is 28.8 Å². The predicted octanol–water partition coefficient (Wildman–Crippen LogP) is 1.73. The van der Waals surface area contributed by atoms with Gasteiger partial charge in [-0.15, -0.1) is 0 Å². The van der Waals surface area contributed by atoms with Gasteiger partial charge in [-0.1, -0.05) is 6.07 Å². The number of hydrogen-bond donors (Lipinski definition) is 2. The second-order valence-corrected chi connectivity index (χ2v) is 4.92. The molecule has 1 unspecified atom stereocenters. The van der Waals surface area contributed by atoms with Gasteiger partial charge in [-0.25, -0.2) is 4.79 Å². The minimum atomic E-state index is -1.02. The van der Waals surface area contributed by atoms with E-state index in [2.05, 4.69) is 12.6 Å². The summed E-state index contributed by atoms with van der Waals surface area (Å²) < 4.78 is 0. The minimum absolute atomic E-state index is 0.0235. The molecule has 0 bridgehead atoms. The molecule has 1 aromatic rings. The van der Waals surface area contributed by atoms with Crippen molar-refractivity contribution in [2.24, 2.45) is 0 Å². The zero-order valence-electron chi connectivity index (χ0n) is 9.38. The van der Waals surface area contributed by atoms with Crippen molar-refractivity contribution in [1.82, 2.24) is 0 Å². The third kappa shape index (κ3) is 2.29. The second-order valence-electron chi connectivity index (χ2n) is 4.19. The van der Waals surface area contributed by atoms with Crippen LogP contribution < -0.4 is 4.90 Å². The van der Waals surface area contributed by atoms with E-state index in [1.54, 1.807) is 12.1 Å². The van der Waals surface area contributed by atoms with Crippen molar-refractivity contribution in [1.29, 1.82) is 0 Å². The first-order chi connectivity index (χ1) is 7.99. The van der Waals surface area contributed by atoms with Gasteiger partial charge in [-0.05, 0) is 24.6 Å². The van der Waals surface area contributed by atoms with Crippen molar-refractivity contribution in [3.8, 4) is 0 Å². The fourth-order valence-corrected chi connectivity index (χ4v) is 2.29. The first-order valence-electron chi connectivity index (χ1n) is 5.31. The normalized spacial score (nSPS) is 19.8. The molecule has 0 saturated carbocycles. The number of amides is 1. The maximum atomic E-state index is 11.8. The van der Waals surface area contributed by atoms with Crippen LogP contribution >= 0.6 is 12.6 Å². The summed E-state index contributed by atoms with van der Waals surface area (Å²) >= 11 is 4.26. The van der Waals surface area contributed by atoms with E-state index in [1.807, 2.05) is 6.92 Å². The van der Waals surface area contributed by atoms with E-state index in [9.17, 15) is 9.59 Å². The maximum Gasteiger partial charge on any atom is 0.337 e. The molecular weight excluding hydrogens is 238 g/mol. The van der Waals surface area contributed by atoms with E-state index >= 15 is 0 Å². The van der Waals surface area contributed by atoms with Crippen molar-refractivity contribution < 1.29 is 14.7 Å². The number of aromatic carboxylic acids is 1. The van der Waals surface area contributed by atoms with Crippen LogP contribution in [0.5, 0.6) is 0 Å². The molecule has 1 fully saturated rings. The number of carboxylic acid groups (broad SMARTS) is 1. The summed E-state index contributed by atoms with van der Waals surface area (Å²) in [5.74, 6) is -1.09. The molecule has 17 heavy (non-hydrogen) atoms. The number of carbonyl (C=O) groups excluding carboxylic acids is 1. The largest absolute Gasteiger partial charge is 0.478 e. The van der Waals surface area contributed by atoms with Gasteiger partial charge in [0.1, 0.15) is 0 Å². The van der Waals surface area contributed by atoms with Crippen molar-refractivity contribution in [2.75, 3.05) is 11.4 Å². The molecule has 1 atom stereocenters. The van der Waals surface area contributed by atoms with E-state index in [0.717, 1.165) is 5.56 Å². The Balaban J connectivity index is 2.46. The third-order valence-electron chi connectivity index (χ3n) is 2.78. The van der Waals surface area contributed by atoms with E-state index in [4.69, 9.17) is 5.11 Å². The van der Waals surface area contributed by atoms with E-state index < -0.39 is 5.97 Å². The van der Waals surface area contributed by atoms with Crippen LogP contribution in [0.2, 0.25) is 0 Å². The third-order valence-corrected chi connectivity index (χ3v) is 3.12. The molecule has 2 rings (SSSR count). The fourth-order valence-electron chi connectivity index (χ4n) is 1.97. The lowest BCUT2D eigenvalue weighted by atomic mass is 10.1. The molecule has 1 amide bonds. The molecular formula is C12H13NO3S.